The molecule has 1 N–H and O–H groups in total. The molecule has 134 valence electrons. The Bertz CT molecular complexity index is 917. The third-order valence-electron chi connectivity index (χ3n) is 4.68. The van der Waals surface area contributed by atoms with Gasteiger partial charge in [-0.15, -0.1) is 0 Å². The molecule has 0 unspecified atom stereocenters. The van der Waals surface area contributed by atoms with Crippen molar-refractivity contribution < 1.29 is 9.47 Å². The normalized spacial score (nSPS) is 12.5. The molecule has 2 aromatic carbocycles. The van der Waals surface area contributed by atoms with Crippen molar-refractivity contribution in [1.82, 2.24) is 9.78 Å². The van der Waals surface area contributed by atoms with E-state index in [1.807, 2.05) is 54.1 Å². The maximum absolute atomic E-state index is 5.81. The molecule has 5 nitrogen and oxygen atoms in total. The van der Waals surface area contributed by atoms with Gasteiger partial charge >= 0.3 is 0 Å². The van der Waals surface area contributed by atoms with Crippen molar-refractivity contribution in [3.8, 4) is 17.2 Å². The van der Waals surface area contributed by atoms with Crippen molar-refractivity contribution in [3.05, 3.63) is 65.4 Å². The first-order valence-electron chi connectivity index (χ1n) is 9.00. The molecule has 0 amide bonds. The lowest BCUT2D eigenvalue weighted by molar-refractivity contribution is 0.338. The highest BCUT2D eigenvalue weighted by molar-refractivity contribution is 5.60. The summed E-state index contributed by atoms with van der Waals surface area (Å²) in [5.41, 5.74) is 4.47. The van der Waals surface area contributed by atoms with Crippen LogP contribution in [0.2, 0.25) is 0 Å². The van der Waals surface area contributed by atoms with E-state index in [1.54, 1.807) is 7.11 Å². The smallest absolute Gasteiger partial charge is 0.145 e. The number of fused-ring (bicyclic) bond motifs is 1. The highest BCUT2D eigenvalue weighted by Gasteiger charge is 2.24. The number of hydrogen-bond donors (Lipinski definition) is 1. The molecule has 0 radical (unpaired) electrons. The van der Waals surface area contributed by atoms with E-state index in [0.717, 1.165) is 53.6 Å². The SMILES string of the molecule is CCOc1ccccc1-n1nc(Cc2ccccc2OC)c2c1NCC2. The van der Waals surface area contributed by atoms with Crippen LogP contribution in [-0.2, 0) is 12.8 Å². The standard InChI is InChI=1S/C21H23N3O2/c1-3-26-20-11-7-5-9-18(20)24-21-16(12-13-22-21)17(23-24)14-15-8-4-6-10-19(15)25-2/h4-11,22H,3,12-14H2,1-2H3. The summed E-state index contributed by atoms with van der Waals surface area (Å²) in [5.74, 6) is 2.82. The van der Waals surface area contributed by atoms with Crippen molar-refractivity contribution in [2.24, 2.45) is 0 Å². The molecular formula is C21H23N3O2. The van der Waals surface area contributed by atoms with Crippen LogP contribution >= 0.6 is 0 Å². The van der Waals surface area contributed by atoms with Gasteiger partial charge in [0.1, 0.15) is 23.0 Å². The lowest BCUT2D eigenvalue weighted by Crippen LogP contribution is -2.07. The number of para-hydroxylation sites is 3. The number of nitrogens with zero attached hydrogens (tertiary/aromatic N) is 2. The van der Waals surface area contributed by atoms with Crippen LogP contribution in [-0.4, -0.2) is 30.0 Å². The van der Waals surface area contributed by atoms with Crippen LogP contribution in [0.5, 0.6) is 11.5 Å². The Hall–Kier alpha value is -2.95. The van der Waals surface area contributed by atoms with Gasteiger partial charge in [0.25, 0.3) is 0 Å². The fraction of sp³-hybridized carbons (Fsp3) is 0.286. The summed E-state index contributed by atoms with van der Waals surface area (Å²) in [6.07, 6.45) is 1.73. The second-order valence-electron chi connectivity index (χ2n) is 6.25. The predicted octanol–water partition coefficient (Wildman–Crippen LogP) is 3.84. The Kier molecular flexibility index (Phi) is 4.52. The number of nitrogens with one attached hydrogen (secondary N) is 1. The Balaban J connectivity index is 1.77. The lowest BCUT2D eigenvalue weighted by Gasteiger charge is -2.12. The highest BCUT2D eigenvalue weighted by atomic mass is 16.5. The summed E-state index contributed by atoms with van der Waals surface area (Å²) in [5, 5.41) is 8.42. The molecule has 1 aliphatic heterocycles. The van der Waals surface area contributed by atoms with Crippen molar-refractivity contribution in [2.75, 3.05) is 25.6 Å². The number of anilines is 1. The van der Waals surface area contributed by atoms with Gasteiger partial charge in [0.05, 0.1) is 19.4 Å². The Morgan fingerprint density at radius 3 is 2.65 bits per heavy atom. The van der Waals surface area contributed by atoms with Crippen molar-refractivity contribution >= 4 is 5.82 Å². The molecule has 1 aromatic heterocycles. The minimum Gasteiger partial charge on any atom is -0.496 e. The van der Waals surface area contributed by atoms with E-state index >= 15 is 0 Å². The third-order valence-corrected chi connectivity index (χ3v) is 4.68. The molecule has 0 fully saturated rings. The number of hydrogen-bond acceptors (Lipinski definition) is 4. The van der Waals surface area contributed by atoms with E-state index in [1.165, 1.54) is 5.56 Å². The third kappa shape index (κ3) is 2.90. The summed E-state index contributed by atoms with van der Waals surface area (Å²) in [6, 6.07) is 16.2. The molecule has 0 spiro atoms. The van der Waals surface area contributed by atoms with Gasteiger partial charge in [-0.25, -0.2) is 4.68 Å². The van der Waals surface area contributed by atoms with Crippen LogP contribution in [0.1, 0.15) is 23.7 Å². The fourth-order valence-corrected chi connectivity index (χ4v) is 3.50. The van der Waals surface area contributed by atoms with Gasteiger partial charge in [0, 0.05) is 24.1 Å². The summed E-state index contributed by atoms with van der Waals surface area (Å²) in [6.45, 7) is 3.56. The van der Waals surface area contributed by atoms with Crippen LogP contribution in [0.15, 0.2) is 48.5 Å². The van der Waals surface area contributed by atoms with E-state index in [-0.39, 0.29) is 0 Å². The van der Waals surface area contributed by atoms with Crippen LogP contribution < -0.4 is 14.8 Å². The van der Waals surface area contributed by atoms with E-state index in [2.05, 4.69) is 11.4 Å². The van der Waals surface area contributed by atoms with Gasteiger partial charge in [0.2, 0.25) is 0 Å². The molecule has 0 saturated heterocycles. The number of ether oxygens (including phenoxy) is 2. The topological polar surface area (TPSA) is 48.3 Å². The van der Waals surface area contributed by atoms with E-state index in [9.17, 15) is 0 Å². The molecule has 0 bridgehead atoms. The van der Waals surface area contributed by atoms with Gasteiger partial charge in [-0.3, -0.25) is 0 Å². The Morgan fingerprint density at radius 1 is 1.08 bits per heavy atom. The van der Waals surface area contributed by atoms with Gasteiger partial charge in [-0.05, 0) is 31.5 Å². The molecule has 1 aliphatic rings. The maximum Gasteiger partial charge on any atom is 0.145 e. The van der Waals surface area contributed by atoms with Gasteiger partial charge in [-0.2, -0.15) is 5.10 Å². The summed E-state index contributed by atoms with van der Waals surface area (Å²) in [4.78, 5) is 0. The highest BCUT2D eigenvalue weighted by Crippen LogP contribution is 2.34. The lowest BCUT2D eigenvalue weighted by atomic mass is 10.0. The fourth-order valence-electron chi connectivity index (χ4n) is 3.50. The van der Waals surface area contributed by atoms with Gasteiger partial charge < -0.3 is 14.8 Å². The summed E-state index contributed by atoms with van der Waals surface area (Å²) >= 11 is 0. The first kappa shape index (κ1) is 16.5. The second-order valence-corrected chi connectivity index (χ2v) is 6.25. The molecule has 4 rings (SSSR count). The first-order chi connectivity index (χ1) is 12.8. The van der Waals surface area contributed by atoms with Crippen molar-refractivity contribution in [1.29, 1.82) is 0 Å². The first-order valence-corrected chi connectivity index (χ1v) is 9.00. The average molecular weight is 349 g/mol. The summed E-state index contributed by atoms with van der Waals surface area (Å²) in [7, 11) is 1.71. The largest absolute Gasteiger partial charge is 0.496 e. The number of rotatable bonds is 6. The maximum atomic E-state index is 5.81. The van der Waals surface area contributed by atoms with Crippen LogP contribution in [0.25, 0.3) is 5.69 Å². The van der Waals surface area contributed by atoms with E-state index in [4.69, 9.17) is 14.6 Å². The number of methoxy groups -OCH3 is 1. The Labute approximate surface area is 153 Å². The molecule has 0 atom stereocenters. The van der Waals surface area contributed by atoms with Gasteiger partial charge in [-0.1, -0.05) is 30.3 Å². The minimum absolute atomic E-state index is 0.627. The monoisotopic (exact) mass is 349 g/mol. The molecule has 26 heavy (non-hydrogen) atoms. The van der Waals surface area contributed by atoms with Crippen LogP contribution in [0.3, 0.4) is 0 Å². The molecular weight excluding hydrogens is 326 g/mol. The zero-order valence-corrected chi connectivity index (χ0v) is 15.2. The van der Waals surface area contributed by atoms with E-state index < -0.39 is 0 Å². The van der Waals surface area contributed by atoms with Crippen LogP contribution in [0.4, 0.5) is 5.82 Å². The zero-order chi connectivity index (χ0) is 17.9. The summed E-state index contributed by atoms with van der Waals surface area (Å²) < 4.78 is 13.3. The van der Waals surface area contributed by atoms with E-state index in [0.29, 0.717) is 6.61 Å². The van der Waals surface area contributed by atoms with Crippen molar-refractivity contribution in [3.63, 3.8) is 0 Å². The molecule has 5 heteroatoms. The van der Waals surface area contributed by atoms with Crippen molar-refractivity contribution in [2.45, 2.75) is 19.8 Å². The number of aromatic nitrogens is 2. The minimum atomic E-state index is 0.627. The molecule has 3 aromatic rings. The molecule has 2 heterocycles. The molecule has 0 saturated carbocycles. The second kappa shape index (κ2) is 7.12. The predicted molar refractivity (Wildman–Crippen MR) is 103 cm³/mol. The van der Waals surface area contributed by atoms with Gasteiger partial charge in [0.15, 0.2) is 0 Å². The average Bonchev–Trinajstić information content (AvgIpc) is 3.27. The quantitative estimate of drug-likeness (QED) is 0.735. The zero-order valence-electron chi connectivity index (χ0n) is 15.2. The molecule has 0 aliphatic carbocycles. The van der Waals surface area contributed by atoms with Crippen LogP contribution in [0, 0.1) is 0 Å². The number of benzene rings is 2. The Morgan fingerprint density at radius 2 is 1.85 bits per heavy atom.